The summed E-state index contributed by atoms with van der Waals surface area (Å²) < 4.78 is 7.69. The van der Waals surface area contributed by atoms with E-state index in [9.17, 15) is 10.1 Å². The van der Waals surface area contributed by atoms with E-state index in [0.717, 1.165) is 47.4 Å². The van der Waals surface area contributed by atoms with Crippen LogP contribution in [0.15, 0.2) is 55.4 Å². The molecule has 0 bridgehead atoms. The molecular weight excluding hydrogens is 516 g/mol. The monoisotopic (exact) mass is 552 g/mol. The molecule has 0 saturated heterocycles. The second-order valence-corrected chi connectivity index (χ2v) is 9.93. The number of nitrogens with one attached hydrogen (secondary N) is 2. The van der Waals surface area contributed by atoms with E-state index >= 15 is 0 Å². The van der Waals surface area contributed by atoms with Crippen LogP contribution in [0.2, 0.25) is 0 Å². The summed E-state index contributed by atoms with van der Waals surface area (Å²) in [6, 6.07) is 11.7. The summed E-state index contributed by atoms with van der Waals surface area (Å²) in [5, 5.41) is 17.0. The van der Waals surface area contributed by atoms with Crippen molar-refractivity contribution in [1.29, 1.82) is 5.26 Å². The fourth-order valence-electron chi connectivity index (χ4n) is 4.71. The zero-order valence-corrected chi connectivity index (χ0v) is 24.4. The minimum Gasteiger partial charge on any atom is -0.494 e. The van der Waals surface area contributed by atoms with Crippen LogP contribution in [0.1, 0.15) is 18.1 Å². The highest BCUT2D eigenvalue weighted by molar-refractivity contribution is 6.02. The average Bonchev–Trinajstić information content (AvgIpc) is 3.28. The highest BCUT2D eigenvalue weighted by Crippen LogP contribution is 2.38. The highest BCUT2D eigenvalue weighted by Gasteiger charge is 2.17. The molecule has 0 spiro atoms. The maximum atomic E-state index is 12.3. The summed E-state index contributed by atoms with van der Waals surface area (Å²) in [5.41, 5.74) is 6.02. The van der Waals surface area contributed by atoms with Crippen molar-refractivity contribution in [3.63, 3.8) is 0 Å². The van der Waals surface area contributed by atoms with Crippen LogP contribution >= 0.6 is 0 Å². The Labute approximate surface area is 240 Å². The first-order chi connectivity index (χ1) is 19.7. The van der Waals surface area contributed by atoms with E-state index in [1.54, 1.807) is 19.4 Å². The molecule has 0 aliphatic rings. The SMILES string of the molecule is C=CC(=O)Nc1cc(Nc2nccc(-c3cc(C#N)c4c(c3)c(C)cn4C)n2)c(OC)cc1N(C)CCN(C)CC. The molecule has 2 heterocycles. The summed E-state index contributed by atoms with van der Waals surface area (Å²) >= 11 is 0. The Hall–Kier alpha value is -4.88. The quantitative estimate of drug-likeness (QED) is 0.248. The van der Waals surface area contributed by atoms with Gasteiger partial charge in [0.1, 0.15) is 11.8 Å². The second-order valence-electron chi connectivity index (χ2n) is 9.93. The molecule has 4 aromatic rings. The normalized spacial score (nSPS) is 10.9. The number of likely N-dealkylation sites (N-methyl/N-ethyl adjacent to an activating group) is 2. The fourth-order valence-corrected chi connectivity index (χ4v) is 4.71. The van der Waals surface area contributed by atoms with Gasteiger partial charge in [-0.05, 0) is 56.4 Å². The van der Waals surface area contributed by atoms with Crippen molar-refractivity contribution in [3.05, 3.63) is 66.5 Å². The summed E-state index contributed by atoms with van der Waals surface area (Å²) in [4.78, 5) is 25.8. The van der Waals surface area contributed by atoms with Gasteiger partial charge in [0.05, 0.1) is 40.9 Å². The number of rotatable bonds is 11. The summed E-state index contributed by atoms with van der Waals surface area (Å²) in [6.07, 6.45) is 4.91. The molecule has 0 atom stereocenters. The highest BCUT2D eigenvalue weighted by atomic mass is 16.5. The predicted molar refractivity (Wildman–Crippen MR) is 165 cm³/mol. The molecule has 2 aromatic heterocycles. The molecule has 212 valence electrons. The van der Waals surface area contributed by atoms with Crippen molar-refractivity contribution in [2.75, 3.05) is 56.4 Å². The Balaban J connectivity index is 1.71. The third kappa shape index (κ3) is 6.31. The van der Waals surface area contributed by atoms with E-state index in [4.69, 9.17) is 9.72 Å². The first kappa shape index (κ1) is 29.1. The number of ether oxygens (including phenoxy) is 1. The van der Waals surface area contributed by atoms with E-state index in [0.29, 0.717) is 34.3 Å². The van der Waals surface area contributed by atoms with Crippen molar-refractivity contribution >= 4 is 39.8 Å². The number of anilines is 4. The first-order valence-electron chi connectivity index (χ1n) is 13.3. The molecule has 0 fully saturated rings. The molecule has 0 radical (unpaired) electrons. The van der Waals surface area contributed by atoms with Gasteiger partial charge in [-0.3, -0.25) is 4.79 Å². The average molecular weight is 553 g/mol. The van der Waals surface area contributed by atoms with Gasteiger partial charge in [-0.2, -0.15) is 5.26 Å². The Morgan fingerprint density at radius 1 is 1.22 bits per heavy atom. The second kappa shape index (κ2) is 12.5. The number of hydrogen-bond donors (Lipinski definition) is 2. The third-order valence-corrected chi connectivity index (χ3v) is 7.12. The summed E-state index contributed by atoms with van der Waals surface area (Å²) in [5.74, 6) is 0.588. The lowest BCUT2D eigenvalue weighted by molar-refractivity contribution is -0.111. The zero-order chi connectivity index (χ0) is 29.7. The number of aryl methyl sites for hydroxylation is 2. The number of carbonyl (C=O) groups excluding carboxylic acids is 1. The van der Waals surface area contributed by atoms with Gasteiger partial charge < -0.3 is 29.7 Å². The largest absolute Gasteiger partial charge is 0.494 e. The number of amides is 1. The number of benzene rings is 2. The zero-order valence-electron chi connectivity index (χ0n) is 24.4. The van der Waals surface area contributed by atoms with Crippen LogP contribution in [0.25, 0.3) is 22.2 Å². The predicted octanol–water partition coefficient (Wildman–Crippen LogP) is 5.08. The molecule has 0 aliphatic carbocycles. The van der Waals surface area contributed by atoms with E-state index in [2.05, 4.69) is 52.0 Å². The molecular formula is C31H36N8O2. The molecule has 2 aromatic carbocycles. The van der Waals surface area contributed by atoms with Crippen molar-refractivity contribution in [3.8, 4) is 23.1 Å². The Morgan fingerprint density at radius 2 is 2.00 bits per heavy atom. The molecule has 10 nitrogen and oxygen atoms in total. The summed E-state index contributed by atoms with van der Waals surface area (Å²) in [7, 11) is 7.57. The van der Waals surface area contributed by atoms with Crippen LogP contribution in [0.5, 0.6) is 5.75 Å². The maximum absolute atomic E-state index is 12.3. The maximum Gasteiger partial charge on any atom is 0.247 e. The molecule has 0 aliphatic heterocycles. The van der Waals surface area contributed by atoms with Crippen LogP contribution in [0.4, 0.5) is 23.0 Å². The van der Waals surface area contributed by atoms with Crippen molar-refractivity contribution in [2.24, 2.45) is 7.05 Å². The number of methoxy groups -OCH3 is 1. The first-order valence-corrected chi connectivity index (χ1v) is 13.3. The van der Waals surface area contributed by atoms with E-state index in [1.807, 2.05) is 56.0 Å². The molecule has 10 heteroatoms. The van der Waals surface area contributed by atoms with Crippen LogP contribution < -0.4 is 20.3 Å². The van der Waals surface area contributed by atoms with Gasteiger partial charge >= 0.3 is 0 Å². The van der Waals surface area contributed by atoms with Crippen LogP contribution in [0.3, 0.4) is 0 Å². The van der Waals surface area contributed by atoms with Gasteiger partial charge in [-0.15, -0.1) is 0 Å². The van der Waals surface area contributed by atoms with Gasteiger partial charge in [-0.1, -0.05) is 13.5 Å². The van der Waals surface area contributed by atoms with Crippen LogP contribution in [-0.2, 0) is 11.8 Å². The molecule has 41 heavy (non-hydrogen) atoms. The van der Waals surface area contributed by atoms with Gasteiger partial charge in [0.25, 0.3) is 0 Å². The lowest BCUT2D eigenvalue weighted by atomic mass is 10.0. The Bertz CT molecular complexity index is 1640. The molecule has 2 N–H and O–H groups in total. The Morgan fingerprint density at radius 3 is 2.68 bits per heavy atom. The number of nitriles is 1. The van der Waals surface area contributed by atoms with Gasteiger partial charge in [-0.25, -0.2) is 9.97 Å². The molecule has 4 rings (SSSR count). The number of nitrogens with zero attached hydrogens (tertiary/aromatic N) is 6. The third-order valence-electron chi connectivity index (χ3n) is 7.12. The number of hydrogen-bond acceptors (Lipinski definition) is 8. The van der Waals surface area contributed by atoms with Gasteiger partial charge in [0.2, 0.25) is 11.9 Å². The minimum atomic E-state index is -0.320. The van der Waals surface area contributed by atoms with Crippen LogP contribution in [0, 0.1) is 18.3 Å². The van der Waals surface area contributed by atoms with Crippen molar-refractivity contribution in [2.45, 2.75) is 13.8 Å². The number of fused-ring (bicyclic) bond motifs is 1. The number of carbonyl (C=O) groups is 1. The molecule has 0 unspecified atom stereocenters. The van der Waals surface area contributed by atoms with E-state index in [1.165, 1.54) is 6.08 Å². The van der Waals surface area contributed by atoms with Crippen molar-refractivity contribution in [1.82, 2.24) is 19.4 Å². The fraction of sp³-hybridized carbons (Fsp3) is 0.290. The summed E-state index contributed by atoms with van der Waals surface area (Å²) in [6.45, 7) is 10.3. The van der Waals surface area contributed by atoms with E-state index < -0.39 is 0 Å². The molecule has 1 amide bonds. The Kier molecular flexibility index (Phi) is 8.90. The van der Waals surface area contributed by atoms with E-state index in [-0.39, 0.29) is 5.91 Å². The lowest BCUT2D eigenvalue weighted by Crippen LogP contribution is -2.31. The smallest absolute Gasteiger partial charge is 0.247 e. The van der Waals surface area contributed by atoms with Gasteiger partial charge in [0, 0.05) is 56.6 Å². The lowest BCUT2D eigenvalue weighted by Gasteiger charge is -2.26. The van der Waals surface area contributed by atoms with Crippen molar-refractivity contribution < 1.29 is 9.53 Å². The number of aromatic nitrogens is 3. The molecule has 0 saturated carbocycles. The standard InChI is InChI=1S/C31H36N8O2/c1-8-29(40)34-25-16-26(28(41-7)17-27(25)38(5)13-12-37(4)9-2)36-31-33-11-10-24(35-31)21-14-22(18-32)30-23(15-21)20(3)19-39(30)6/h8,10-11,14-17,19H,1,9,12-13H2,2-7H3,(H,34,40)(H,33,35,36). The van der Waals surface area contributed by atoms with Crippen LogP contribution in [-0.4, -0.2) is 66.2 Å². The van der Waals surface area contributed by atoms with Gasteiger partial charge in [0.15, 0.2) is 0 Å². The minimum absolute atomic E-state index is 0.320. The topological polar surface area (TPSA) is 111 Å².